The quantitative estimate of drug-likeness (QED) is 0.917. The van der Waals surface area contributed by atoms with E-state index in [2.05, 4.69) is 5.32 Å². The van der Waals surface area contributed by atoms with Crippen molar-refractivity contribution < 1.29 is 9.53 Å². The summed E-state index contributed by atoms with van der Waals surface area (Å²) in [5, 5.41) is 3.31. The SMILES string of the molecule is COc1ccccc1CNc1ccccc1C(=O)N(C)C. The molecule has 0 fully saturated rings. The molecule has 0 radical (unpaired) electrons. The van der Waals surface area contributed by atoms with Crippen LogP contribution in [-0.2, 0) is 6.54 Å². The molecule has 0 aliphatic heterocycles. The molecule has 110 valence electrons. The summed E-state index contributed by atoms with van der Waals surface area (Å²) in [5.74, 6) is 0.819. The number of ether oxygens (including phenoxy) is 1. The summed E-state index contributed by atoms with van der Waals surface area (Å²) in [5.41, 5.74) is 2.53. The molecule has 0 atom stereocenters. The molecule has 2 aromatic rings. The third-order valence-corrected chi connectivity index (χ3v) is 3.23. The fourth-order valence-electron chi connectivity index (χ4n) is 2.10. The molecule has 0 heterocycles. The van der Waals surface area contributed by atoms with Crippen molar-refractivity contribution in [2.75, 3.05) is 26.5 Å². The summed E-state index contributed by atoms with van der Waals surface area (Å²) in [6.07, 6.45) is 0. The van der Waals surface area contributed by atoms with Gasteiger partial charge in [-0.15, -0.1) is 0 Å². The second-order valence-electron chi connectivity index (χ2n) is 4.91. The van der Waals surface area contributed by atoms with Crippen molar-refractivity contribution in [3.63, 3.8) is 0 Å². The Morgan fingerprint density at radius 1 is 1.10 bits per heavy atom. The molecule has 0 bridgehead atoms. The largest absolute Gasteiger partial charge is 0.496 e. The Kier molecular flexibility index (Phi) is 4.82. The van der Waals surface area contributed by atoms with Crippen molar-refractivity contribution in [1.82, 2.24) is 4.90 Å². The van der Waals surface area contributed by atoms with Crippen LogP contribution in [0, 0.1) is 0 Å². The van der Waals surface area contributed by atoms with Crippen LogP contribution >= 0.6 is 0 Å². The van der Waals surface area contributed by atoms with Crippen LogP contribution in [0.1, 0.15) is 15.9 Å². The van der Waals surface area contributed by atoms with Crippen LogP contribution in [0.5, 0.6) is 5.75 Å². The summed E-state index contributed by atoms with van der Waals surface area (Å²) in [6, 6.07) is 15.3. The minimum absolute atomic E-state index is 0.0156. The van der Waals surface area contributed by atoms with E-state index in [-0.39, 0.29) is 5.91 Å². The number of hydrogen-bond donors (Lipinski definition) is 1. The van der Waals surface area contributed by atoms with E-state index < -0.39 is 0 Å². The van der Waals surface area contributed by atoms with Crippen LogP contribution in [0.2, 0.25) is 0 Å². The highest BCUT2D eigenvalue weighted by molar-refractivity contribution is 5.99. The molecule has 0 aromatic heterocycles. The average molecular weight is 284 g/mol. The molecule has 0 aliphatic carbocycles. The number of carbonyl (C=O) groups excluding carboxylic acids is 1. The van der Waals surface area contributed by atoms with E-state index >= 15 is 0 Å². The van der Waals surface area contributed by atoms with E-state index in [0.29, 0.717) is 12.1 Å². The van der Waals surface area contributed by atoms with Gasteiger partial charge in [0.1, 0.15) is 5.75 Å². The van der Waals surface area contributed by atoms with E-state index in [1.807, 2.05) is 48.5 Å². The monoisotopic (exact) mass is 284 g/mol. The highest BCUT2D eigenvalue weighted by Gasteiger charge is 2.12. The predicted molar refractivity (Wildman–Crippen MR) is 84.8 cm³/mol. The summed E-state index contributed by atoms with van der Waals surface area (Å²) in [6.45, 7) is 0.599. The van der Waals surface area contributed by atoms with Crippen molar-refractivity contribution in [3.8, 4) is 5.75 Å². The molecule has 0 saturated heterocycles. The fourth-order valence-corrected chi connectivity index (χ4v) is 2.10. The molecule has 1 N–H and O–H groups in total. The Morgan fingerprint density at radius 3 is 2.48 bits per heavy atom. The predicted octanol–water partition coefficient (Wildman–Crippen LogP) is 3.01. The molecule has 2 rings (SSSR count). The second kappa shape index (κ2) is 6.79. The molecule has 21 heavy (non-hydrogen) atoms. The number of hydrogen-bond acceptors (Lipinski definition) is 3. The first kappa shape index (κ1) is 14.9. The van der Waals surface area contributed by atoms with Gasteiger partial charge in [0.2, 0.25) is 0 Å². The van der Waals surface area contributed by atoms with Gasteiger partial charge in [-0.05, 0) is 18.2 Å². The maximum Gasteiger partial charge on any atom is 0.255 e. The van der Waals surface area contributed by atoms with Crippen molar-refractivity contribution in [1.29, 1.82) is 0 Å². The zero-order valence-corrected chi connectivity index (χ0v) is 12.6. The highest BCUT2D eigenvalue weighted by Crippen LogP contribution is 2.21. The van der Waals surface area contributed by atoms with Crippen molar-refractivity contribution >= 4 is 11.6 Å². The normalized spacial score (nSPS) is 10.0. The van der Waals surface area contributed by atoms with Gasteiger partial charge in [-0.1, -0.05) is 30.3 Å². The van der Waals surface area contributed by atoms with Gasteiger partial charge in [0.05, 0.1) is 12.7 Å². The molecule has 0 aliphatic rings. The summed E-state index contributed by atoms with van der Waals surface area (Å²) >= 11 is 0. The number of nitrogens with zero attached hydrogens (tertiary/aromatic N) is 1. The standard InChI is InChI=1S/C17H20N2O2/c1-19(2)17(20)14-9-5-6-10-15(14)18-12-13-8-4-7-11-16(13)21-3/h4-11,18H,12H2,1-3H3. The van der Waals surface area contributed by atoms with E-state index in [9.17, 15) is 4.79 Å². The van der Waals surface area contributed by atoms with Crippen molar-refractivity contribution in [3.05, 3.63) is 59.7 Å². The summed E-state index contributed by atoms with van der Waals surface area (Å²) < 4.78 is 5.33. The lowest BCUT2D eigenvalue weighted by atomic mass is 10.1. The average Bonchev–Trinajstić information content (AvgIpc) is 2.52. The first-order valence-corrected chi connectivity index (χ1v) is 6.80. The van der Waals surface area contributed by atoms with Gasteiger partial charge in [-0.25, -0.2) is 0 Å². The molecule has 0 saturated carbocycles. The van der Waals surface area contributed by atoms with Gasteiger partial charge in [0.25, 0.3) is 5.91 Å². The Labute approximate surface area is 125 Å². The molecule has 4 nitrogen and oxygen atoms in total. The Hall–Kier alpha value is -2.49. The van der Waals surface area contributed by atoms with Crippen molar-refractivity contribution in [2.45, 2.75) is 6.54 Å². The minimum Gasteiger partial charge on any atom is -0.496 e. The Balaban J connectivity index is 2.19. The molecule has 2 aromatic carbocycles. The molecule has 0 spiro atoms. The van der Waals surface area contributed by atoms with E-state index in [1.54, 1.807) is 26.1 Å². The number of carbonyl (C=O) groups is 1. The third kappa shape index (κ3) is 3.54. The number of rotatable bonds is 5. The maximum absolute atomic E-state index is 12.2. The lowest BCUT2D eigenvalue weighted by Gasteiger charge is -2.16. The summed E-state index contributed by atoms with van der Waals surface area (Å²) in [7, 11) is 5.15. The van der Waals surface area contributed by atoms with Crippen LogP contribution in [0.4, 0.5) is 5.69 Å². The Morgan fingerprint density at radius 2 is 1.76 bits per heavy atom. The van der Waals surface area contributed by atoms with E-state index in [0.717, 1.165) is 17.0 Å². The molecule has 0 unspecified atom stereocenters. The molecule has 4 heteroatoms. The second-order valence-corrected chi connectivity index (χ2v) is 4.91. The fraction of sp³-hybridized carbons (Fsp3) is 0.235. The maximum atomic E-state index is 12.2. The van der Waals surface area contributed by atoms with Crippen LogP contribution in [0.25, 0.3) is 0 Å². The van der Waals surface area contributed by atoms with Crippen LogP contribution in [-0.4, -0.2) is 32.0 Å². The zero-order valence-electron chi connectivity index (χ0n) is 12.6. The minimum atomic E-state index is -0.0156. The van der Waals surface area contributed by atoms with Gasteiger partial charge in [-0.3, -0.25) is 4.79 Å². The van der Waals surface area contributed by atoms with Gasteiger partial charge < -0.3 is 15.0 Å². The molecular formula is C17H20N2O2. The molecular weight excluding hydrogens is 264 g/mol. The zero-order chi connectivity index (χ0) is 15.2. The van der Waals surface area contributed by atoms with Crippen molar-refractivity contribution in [2.24, 2.45) is 0 Å². The lowest BCUT2D eigenvalue weighted by Crippen LogP contribution is -2.22. The first-order valence-electron chi connectivity index (χ1n) is 6.80. The number of benzene rings is 2. The molecule has 1 amide bonds. The van der Waals surface area contributed by atoms with Gasteiger partial charge in [0, 0.05) is 31.9 Å². The first-order chi connectivity index (χ1) is 10.1. The Bertz CT molecular complexity index is 624. The van der Waals surface area contributed by atoms with Gasteiger partial charge in [0.15, 0.2) is 0 Å². The highest BCUT2D eigenvalue weighted by atomic mass is 16.5. The van der Waals surface area contributed by atoms with Gasteiger partial charge >= 0.3 is 0 Å². The number of nitrogens with one attached hydrogen (secondary N) is 1. The smallest absolute Gasteiger partial charge is 0.255 e. The topological polar surface area (TPSA) is 41.6 Å². The lowest BCUT2D eigenvalue weighted by molar-refractivity contribution is 0.0828. The van der Waals surface area contributed by atoms with Crippen LogP contribution < -0.4 is 10.1 Å². The summed E-state index contributed by atoms with van der Waals surface area (Å²) in [4.78, 5) is 13.7. The van der Waals surface area contributed by atoms with Gasteiger partial charge in [-0.2, -0.15) is 0 Å². The van der Waals surface area contributed by atoms with Crippen LogP contribution in [0.3, 0.4) is 0 Å². The van der Waals surface area contributed by atoms with E-state index in [4.69, 9.17) is 4.74 Å². The number of methoxy groups -OCH3 is 1. The third-order valence-electron chi connectivity index (χ3n) is 3.23. The number of amides is 1. The number of para-hydroxylation sites is 2. The van der Waals surface area contributed by atoms with E-state index in [1.165, 1.54) is 0 Å². The van der Waals surface area contributed by atoms with Crippen LogP contribution in [0.15, 0.2) is 48.5 Å². The number of anilines is 1.